The van der Waals surface area contributed by atoms with E-state index in [1.54, 1.807) is 6.07 Å². The Bertz CT molecular complexity index is 1770. The second-order valence-electron chi connectivity index (χ2n) is 9.51. The second kappa shape index (κ2) is 10.9. The summed E-state index contributed by atoms with van der Waals surface area (Å²) in [5, 5.41) is 14.3. The Morgan fingerprint density at radius 2 is 1.90 bits per heavy atom. The Labute approximate surface area is 238 Å². The largest absolute Gasteiger partial charge is 0.454 e. The van der Waals surface area contributed by atoms with Crippen LogP contribution < -0.4 is 14.8 Å². The van der Waals surface area contributed by atoms with Crippen LogP contribution in [0.2, 0.25) is 5.02 Å². The van der Waals surface area contributed by atoms with E-state index in [0.717, 1.165) is 35.6 Å². The summed E-state index contributed by atoms with van der Waals surface area (Å²) >= 11 is 6.08. The number of nitrogens with one attached hydrogen (secondary N) is 1. The molecule has 0 spiro atoms. The van der Waals surface area contributed by atoms with Crippen LogP contribution in [0.1, 0.15) is 40.0 Å². The normalized spacial score (nSPS) is 14.5. The number of hydrogen-bond acceptors (Lipinski definition) is 8. The van der Waals surface area contributed by atoms with Crippen LogP contribution in [0.15, 0.2) is 60.7 Å². The molecular weight excluding hydrogens is 550 g/mol. The first-order valence-electron chi connectivity index (χ1n) is 12.8. The lowest BCUT2D eigenvalue weighted by Crippen LogP contribution is -2.22. The average molecular weight is 572 g/mol. The smallest absolute Gasteiger partial charge is 0.339 e. The van der Waals surface area contributed by atoms with Crippen molar-refractivity contribution < 1.29 is 28.7 Å². The number of carbonyl (C=O) groups is 2. The molecule has 1 aliphatic carbocycles. The zero-order valence-corrected chi connectivity index (χ0v) is 22.3. The summed E-state index contributed by atoms with van der Waals surface area (Å²) in [7, 11) is 0. The van der Waals surface area contributed by atoms with Crippen LogP contribution in [0.4, 0.5) is 11.4 Å². The van der Waals surface area contributed by atoms with Crippen molar-refractivity contribution in [1.29, 1.82) is 0 Å². The zero-order chi connectivity index (χ0) is 28.5. The molecule has 3 aromatic carbocycles. The highest BCUT2D eigenvalue weighted by Gasteiger charge is 2.27. The Hall–Kier alpha value is -4.96. The van der Waals surface area contributed by atoms with E-state index in [9.17, 15) is 19.7 Å². The number of nitrogens with zero attached hydrogens (tertiary/aromatic N) is 2. The van der Waals surface area contributed by atoms with Gasteiger partial charge in [-0.25, -0.2) is 9.78 Å². The maximum Gasteiger partial charge on any atom is 0.339 e. The highest BCUT2D eigenvalue weighted by molar-refractivity contribution is 6.33. The molecule has 0 unspecified atom stereocenters. The number of pyridine rings is 1. The van der Waals surface area contributed by atoms with E-state index in [-0.39, 0.29) is 23.2 Å². The number of anilines is 1. The zero-order valence-electron chi connectivity index (χ0n) is 21.5. The van der Waals surface area contributed by atoms with Crippen LogP contribution in [-0.4, -0.2) is 35.2 Å². The lowest BCUT2D eigenvalue weighted by Gasteiger charge is -2.22. The number of non-ortho nitro benzene ring substituents is 1. The summed E-state index contributed by atoms with van der Waals surface area (Å²) in [6, 6.07) is 16.7. The van der Waals surface area contributed by atoms with Crippen LogP contribution in [0.3, 0.4) is 0 Å². The van der Waals surface area contributed by atoms with Crippen molar-refractivity contribution in [2.75, 3.05) is 18.7 Å². The van der Waals surface area contributed by atoms with Crippen LogP contribution in [-0.2, 0) is 16.0 Å². The number of nitro groups is 1. The Kier molecular flexibility index (Phi) is 6.98. The number of aromatic nitrogens is 1. The van der Waals surface area contributed by atoms with Gasteiger partial charge >= 0.3 is 5.97 Å². The number of allylic oxidation sites excluding steroid dienone is 1. The van der Waals surface area contributed by atoms with Crippen molar-refractivity contribution in [3.63, 3.8) is 0 Å². The predicted molar refractivity (Wildman–Crippen MR) is 152 cm³/mol. The summed E-state index contributed by atoms with van der Waals surface area (Å²) in [4.78, 5) is 41.5. The number of amides is 1. The molecule has 2 heterocycles. The van der Waals surface area contributed by atoms with Gasteiger partial charge in [-0.15, -0.1) is 0 Å². The molecule has 1 amide bonds. The van der Waals surface area contributed by atoms with Gasteiger partial charge in [0.2, 0.25) is 6.79 Å². The highest BCUT2D eigenvalue weighted by Crippen LogP contribution is 2.38. The van der Waals surface area contributed by atoms with Crippen LogP contribution in [0.25, 0.3) is 22.6 Å². The summed E-state index contributed by atoms with van der Waals surface area (Å²) in [5.41, 5.74) is 4.18. The molecule has 1 N–H and O–H groups in total. The van der Waals surface area contributed by atoms with E-state index in [1.165, 1.54) is 12.1 Å². The number of hydrogen-bond donors (Lipinski definition) is 1. The van der Waals surface area contributed by atoms with Crippen molar-refractivity contribution in [3.05, 3.63) is 98.2 Å². The van der Waals surface area contributed by atoms with E-state index in [0.29, 0.717) is 40.1 Å². The topological polar surface area (TPSA) is 130 Å². The molecule has 0 saturated carbocycles. The molecule has 0 fully saturated rings. The van der Waals surface area contributed by atoms with Crippen LogP contribution in [0.5, 0.6) is 11.5 Å². The molecule has 1 aromatic heterocycles. The van der Waals surface area contributed by atoms with E-state index < -0.39 is 23.4 Å². The SMILES string of the molecule is O=C(COC(=O)c1c2c(nc3ccccc13)/C(=C\c1ccc3c(c1)OCO3)CCC2)Nc1cc([N+](=O)[O-])ccc1Cl. The number of para-hydroxylation sites is 1. The molecule has 206 valence electrons. The van der Waals surface area contributed by atoms with E-state index in [1.807, 2.05) is 42.5 Å². The molecule has 0 atom stereocenters. The van der Waals surface area contributed by atoms with Gasteiger partial charge in [0, 0.05) is 17.5 Å². The maximum atomic E-state index is 13.5. The minimum Gasteiger partial charge on any atom is -0.454 e. The van der Waals surface area contributed by atoms with Gasteiger partial charge < -0.3 is 19.5 Å². The summed E-state index contributed by atoms with van der Waals surface area (Å²) in [5.74, 6) is 0.0266. The highest BCUT2D eigenvalue weighted by atomic mass is 35.5. The molecule has 6 rings (SSSR count). The molecular formula is C30H22ClN3O7. The molecule has 41 heavy (non-hydrogen) atoms. The van der Waals surface area contributed by atoms with Crippen molar-refractivity contribution in [1.82, 2.24) is 4.98 Å². The van der Waals surface area contributed by atoms with Gasteiger partial charge in [-0.1, -0.05) is 35.9 Å². The fourth-order valence-corrected chi connectivity index (χ4v) is 5.19. The van der Waals surface area contributed by atoms with Crippen molar-refractivity contribution in [2.45, 2.75) is 19.3 Å². The molecule has 2 aliphatic rings. The minimum atomic E-state index is -0.684. The van der Waals surface area contributed by atoms with Crippen molar-refractivity contribution in [3.8, 4) is 11.5 Å². The Morgan fingerprint density at radius 3 is 2.76 bits per heavy atom. The fourth-order valence-electron chi connectivity index (χ4n) is 5.02. The maximum absolute atomic E-state index is 13.5. The molecule has 0 radical (unpaired) electrons. The predicted octanol–water partition coefficient (Wildman–Crippen LogP) is 6.20. The number of nitro benzene ring substituents is 1. The van der Waals surface area contributed by atoms with Crippen molar-refractivity contribution in [2.24, 2.45) is 0 Å². The fraction of sp³-hybridized carbons (Fsp3) is 0.167. The number of rotatable bonds is 6. The third-order valence-electron chi connectivity index (χ3n) is 6.88. The lowest BCUT2D eigenvalue weighted by atomic mass is 9.86. The first-order valence-corrected chi connectivity index (χ1v) is 13.2. The number of carbonyl (C=O) groups excluding carboxylic acids is 2. The van der Waals surface area contributed by atoms with Gasteiger partial charge in [0.25, 0.3) is 11.6 Å². The number of halogens is 1. The molecule has 1 aliphatic heterocycles. The Morgan fingerprint density at radius 1 is 1.07 bits per heavy atom. The monoisotopic (exact) mass is 571 g/mol. The quantitative estimate of drug-likeness (QED) is 0.164. The minimum absolute atomic E-state index is 0.0481. The first-order chi connectivity index (χ1) is 19.9. The van der Waals surface area contributed by atoms with E-state index >= 15 is 0 Å². The average Bonchev–Trinajstić information content (AvgIpc) is 3.44. The molecule has 11 heteroatoms. The number of ether oxygens (including phenoxy) is 3. The lowest BCUT2D eigenvalue weighted by molar-refractivity contribution is -0.384. The molecule has 0 saturated heterocycles. The number of esters is 1. The third-order valence-corrected chi connectivity index (χ3v) is 7.21. The standard InChI is InChI=1S/C30H22ClN3O7/c31-22-10-9-19(34(37)38)14-24(22)32-27(35)15-39-30(36)28-20-5-1-2-7-23(20)33-29-18(4-3-6-21(28)29)12-17-8-11-25-26(13-17)41-16-40-25/h1-2,5,7-14H,3-4,6,15-16H2,(H,32,35)/b18-12-. The van der Waals surface area contributed by atoms with Gasteiger partial charge in [-0.2, -0.15) is 0 Å². The van der Waals surface area contributed by atoms with Crippen LogP contribution in [0, 0.1) is 10.1 Å². The summed E-state index contributed by atoms with van der Waals surface area (Å²) in [6.45, 7) is -0.420. The summed E-state index contributed by atoms with van der Waals surface area (Å²) < 4.78 is 16.4. The van der Waals surface area contributed by atoms with Crippen LogP contribution >= 0.6 is 11.6 Å². The van der Waals surface area contributed by atoms with Gasteiger partial charge in [0.1, 0.15) is 0 Å². The third kappa shape index (κ3) is 5.29. The number of benzene rings is 3. The van der Waals surface area contributed by atoms with Gasteiger partial charge in [-0.05, 0) is 66.3 Å². The first kappa shape index (κ1) is 26.3. The summed E-state index contributed by atoms with van der Waals surface area (Å²) in [6.07, 6.45) is 4.22. The molecule has 4 aromatic rings. The Balaban J connectivity index is 1.29. The van der Waals surface area contributed by atoms with Gasteiger partial charge in [0.05, 0.1) is 32.4 Å². The van der Waals surface area contributed by atoms with E-state index in [4.69, 9.17) is 30.8 Å². The second-order valence-corrected chi connectivity index (χ2v) is 9.92. The van der Waals surface area contributed by atoms with Gasteiger partial charge in [-0.3, -0.25) is 14.9 Å². The molecule has 0 bridgehead atoms. The van der Waals surface area contributed by atoms with E-state index in [2.05, 4.69) is 5.32 Å². The van der Waals surface area contributed by atoms with Gasteiger partial charge in [0.15, 0.2) is 18.1 Å². The molecule has 10 nitrogen and oxygen atoms in total. The van der Waals surface area contributed by atoms with Crippen molar-refractivity contribution >= 4 is 57.4 Å². The number of fused-ring (bicyclic) bond motifs is 3.